The van der Waals surface area contributed by atoms with E-state index in [0.29, 0.717) is 5.92 Å². The normalized spacial score (nSPS) is 11.8. The first-order chi connectivity index (χ1) is 11.6. The number of hydrogen-bond donors (Lipinski definition) is 1. The van der Waals surface area contributed by atoms with E-state index in [0.717, 1.165) is 31.4 Å². The molecule has 0 aliphatic heterocycles. The first kappa shape index (κ1) is 18.1. The van der Waals surface area contributed by atoms with Gasteiger partial charge in [-0.2, -0.15) is 0 Å². The number of hydrogen-bond acceptors (Lipinski definition) is 1. The standard InChI is InChI=1S/C23H29N/c1-6-19-9-11-22(12-10-19)20(7-2)13-14-24-23-16-21(8-3)17(4)15-18(23)5/h1,9-12,15-16,20,24H,7-8,13-14H2,2-5H3. The molecule has 1 N–H and O–H groups in total. The minimum atomic E-state index is 0.570. The van der Waals surface area contributed by atoms with Crippen molar-refractivity contribution < 1.29 is 0 Å². The third-order valence-electron chi connectivity index (χ3n) is 4.91. The van der Waals surface area contributed by atoms with Crippen LogP contribution in [0.3, 0.4) is 0 Å². The lowest BCUT2D eigenvalue weighted by molar-refractivity contribution is 0.624. The molecule has 0 aliphatic rings. The Kier molecular flexibility index (Phi) is 6.50. The molecule has 0 spiro atoms. The van der Waals surface area contributed by atoms with Crippen LogP contribution in [0.2, 0.25) is 0 Å². The van der Waals surface area contributed by atoms with Crippen molar-refractivity contribution in [1.29, 1.82) is 0 Å². The first-order valence-electron chi connectivity index (χ1n) is 8.99. The molecule has 24 heavy (non-hydrogen) atoms. The molecule has 0 radical (unpaired) electrons. The molecule has 0 aliphatic carbocycles. The van der Waals surface area contributed by atoms with Crippen LogP contribution in [0.15, 0.2) is 36.4 Å². The van der Waals surface area contributed by atoms with Gasteiger partial charge in [0.15, 0.2) is 0 Å². The minimum Gasteiger partial charge on any atom is -0.385 e. The van der Waals surface area contributed by atoms with E-state index in [1.165, 1.54) is 27.9 Å². The van der Waals surface area contributed by atoms with Gasteiger partial charge in [-0.15, -0.1) is 6.42 Å². The minimum absolute atomic E-state index is 0.570. The van der Waals surface area contributed by atoms with Crippen LogP contribution in [0.1, 0.15) is 60.4 Å². The summed E-state index contributed by atoms with van der Waals surface area (Å²) in [4.78, 5) is 0. The molecular formula is C23H29N. The smallest absolute Gasteiger partial charge is 0.0372 e. The van der Waals surface area contributed by atoms with Crippen LogP contribution in [0.4, 0.5) is 5.69 Å². The highest BCUT2D eigenvalue weighted by molar-refractivity contribution is 5.55. The van der Waals surface area contributed by atoms with Gasteiger partial charge in [0.1, 0.15) is 0 Å². The molecule has 0 saturated heterocycles. The average molecular weight is 319 g/mol. The van der Waals surface area contributed by atoms with Crippen molar-refractivity contribution in [1.82, 2.24) is 0 Å². The van der Waals surface area contributed by atoms with Crippen molar-refractivity contribution in [3.8, 4) is 12.3 Å². The number of anilines is 1. The fourth-order valence-electron chi connectivity index (χ4n) is 3.31. The highest BCUT2D eigenvalue weighted by Gasteiger charge is 2.10. The number of terminal acetylenes is 1. The van der Waals surface area contributed by atoms with E-state index in [9.17, 15) is 0 Å². The fourth-order valence-corrected chi connectivity index (χ4v) is 3.31. The van der Waals surface area contributed by atoms with Gasteiger partial charge in [0.25, 0.3) is 0 Å². The lowest BCUT2D eigenvalue weighted by Crippen LogP contribution is -2.09. The van der Waals surface area contributed by atoms with Crippen LogP contribution in [0, 0.1) is 26.2 Å². The highest BCUT2D eigenvalue weighted by Crippen LogP contribution is 2.25. The van der Waals surface area contributed by atoms with E-state index < -0.39 is 0 Å². The average Bonchev–Trinajstić information content (AvgIpc) is 2.60. The van der Waals surface area contributed by atoms with E-state index in [1.807, 2.05) is 12.1 Å². The maximum atomic E-state index is 5.44. The summed E-state index contributed by atoms with van der Waals surface area (Å²) in [6.07, 6.45) is 8.79. The molecule has 1 atom stereocenters. The lowest BCUT2D eigenvalue weighted by atomic mass is 9.92. The molecule has 0 aromatic heterocycles. The van der Waals surface area contributed by atoms with Crippen LogP contribution in [-0.4, -0.2) is 6.54 Å². The molecule has 2 aromatic rings. The number of aryl methyl sites for hydroxylation is 3. The molecule has 2 aromatic carbocycles. The molecule has 0 heterocycles. The van der Waals surface area contributed by atoms with E-state index in [-0.39, 0.29) is 0 Å². The Morgan fingerprint density at radius 3 is 2.33 bits per heavy atom. The molecule has 2 rings (SSSR count). The second-order valence-corrected chi connectivity index (χ2v) is 6.53. The third kappa shape index (κ3) is 4.42. The topological polar surface area (TPSA) is 12.0 Å². The summed E-state index contributed by atoms with van der Waals surface area (Å²) >= 11 is 0. The van der Waals surface area contributed by atoms with Gasteiger partial charge < -0.3 is 5.32 Å². The summed E-state index contributed by atoms with van der Waals surface area (Å²) in [5.41, 5.74) is 7.76. The van der Waals surface area contributed by atoms with E-state index in [1.54, 1.807) is 0 Å². The van der Waals surface area contributed by atoms with Gasteiger partial charge in [-0.3, -0.25) is 0 Å². The van der Waals surface area contributed by atoms with E-state index >= 15 is 0 Å². The van der Waals surface area contributed by atoms with Crippen molar-refractivity contribution in [2.75, 3.05) is 11.9 Å². The SMILES string of the molecule is C#Cc1ccc(C(CC)CCNc2cc(CC)c(C)cc2C)cc1. The molecule has 0 bridgehead atoms. The van der Waals surface area contributed by atoms with Crippen LogP contribution < -0.4 is 5.32 Å². The van der Waals surface area contributed by atoms with Crippen molar-refractivity contribution >= 4 is 5.69 Å². The maximum Gasteiger partial charge on any atom is 0.0372 e. The molecule has 1 nitrogen and oxygen atoms in total. The second kappa shape index (κ2) is 8.60. The first-order valence-corrected chi connectivity index (χ1v) is 8.99. The van der Waals surface area contributed by atoms with Gasteiger partial charge >= 0.3 is 0 Å². The van der Waals surface area contributed by atoms with E-state index in [2.05, 4.69) is 63.2 Å². The van der Waals surface area contributed by atoms with Crippen LogP contribution in [0.5, 0.6) is 0 Å². The lowest BCUT2D eigenvalue weighted by Gasteiger charge is -2.18. The molecule has 0 saturated carbocycles. The Morgan fingerprint density at radius 2 is 1.75 bits per heavy atom. The number of rotatable bonds is 7. The molecule has 1 unspecified atom stereocenters. The van der Waals surface area contributed by atoms with Gasteiger partial charge in [-0.1, -0.05) is 38.0 Å². The zero-order valence-electron chi connectivity index (χ0n) is 15.4. The maximum absolute atomic E-state index is 5.44. The van der Waals surface area contributed by atoms with Crippen molar-refractivity contribution in [3.05, 3.63) is 64.2 Å². The summed E-state index contributed by atoms with van der Waals surface area (Å²) < 4.78 is 0. The Balaban J connectivity index is 2.00. The summed E-state index contributed by atoms with van der Waals surface area (Å²) in [6, 6.07) is 13.0. The molecule has 126 valence electrons. The van der Waals surface area contributed by atoms with E-state index in [4.69, 9.17) is 6.42 Å². The Bertz CT molecular complexity index is 704. The quantitative estimate of drug-likeness (QED) is 0.632. The summed E-state index contributed by atoms with van der Waals surface area (Å²) in [5, 5.41) is 3.64. The third-order valence-corrected chi connectivity index (χ3v) is 4.91. The molecule has 0 amide bonds. The van der Waals surface area contributed by atoms with Crippen molar-refractivity contribution in [3.63, 3.8) is 0 Å². The molecule has 0 fully saturated rings. The predicted molar refractivity (Wildman–Crippen MR) is 106 cm³/mol. The van der Waals surface area contributed by atoms with Gasteiger partial charge in [0.05, 0.1) is 0 Å². The summed E-state index contributed by atoms with van der Waals surface area (Å²) in [6.45, 7) is 9.84. The largest absolute Gasteiger partial charge is 0.385 e. The van der Waals surface area contributed by atoms with Crippen LogP contribution >= 0.6 is 0 Å². The second-order valence-electron chi connectivity index (χ2n) is 6.53. The van der Waals surface area contributed by atoms with Crippen molar-refractivity contribution in [2.45, 2.75) is 52.9 Å². The van der Waals surface area contributed by atoms with Gasteiger partial charge in [-0.25, -0.2) is 0 Å². The van der Waals surface area contributed by atoms with Crippen molar-refractivity contribution in [2.24, 2.45) is 0 Å². The van der Waals surface area contributed by atoms with Gasteiger partial charge in [-0.05, 0) is 79.5 Å². The zero-order chi connectivity index (χ0) is 17.5. The number of nitrogens with one attached hydrogen (secondary N) is 1. The monoisotopic (exact) mass is 319 g/mol. The summed E-state index contributed by atoms with van der Waals surface area (Å²) in [5.74, 6) is 3.26. The van der Waals surface area contributed by atoms with Gasteiger partial charge in [0.2, 0.25) is 0 Å². The highest BCUT2D eigenvalue weighted by atomic mass is 14.9. The molecular weight excluding hydrogens is 290 g/mol. The predicted octanol–water partition coefficient (Wildman–Crippen LogP) is 5.84. The zero-order valence-corrected chi connectivity index (χ0v) is 15.4. The van der Waals surface area contributed by atoms with Crippen LogP contribution in [0.25, 0.3) is 0 Å². The molecule has 1 heteroatoms. The number of benzene rings is 2. The summed E-state index contributed by atoms with van der Waals surface area (Å²) in [7, 11) is 0. The Labute approximate surface area is 147 Å². The van der Waals surface area contributed by atoms with Crippen LogP contribution in [-0.2, 0) is 6.42 Å². The van der Waals surface area contributed by atoms with Gasteiger partial charge in [0, 0.05) is 17.8 Å². The fraction of sp³-hybridized carbons (Fsp3) is 0.391. The Hall–Kier alpha value is -2.20. The Morgan fingerprint density at radius 1 is 1.04 bits per heavy atom.